The summed E-state index contributed by atoms with van der Waals surface area (Å²) in [6, 6.07) is 8.06. The number of hydrogen-bond donors (Lipinski definition) is 0. The van der Waals surface area contributed by atoms with Gasteiger partial charge in [-0.2, -0.15) is 0 Å². The lowest BCUT2D eigenvalue weighted by atomic mass is 10.0. The summed E-state index contributed by atoms with van der Waals surface area (Å²) in [4.78, 5) is 3.34. The summed E-state index contributed by atoms with van der Waals surface area (Å²) < 4.78 is 12.3. The molecule has 0 radical (unpaired) electrons. The predicted octanol–water partition coefficient (Wildman–Crippen LogP) is 3.19. The molecule has 1 aliphatic heterocycles. The van der Waals surface area contributed by atoms with Crippen molar-refractivity contribution in [2.24, 2.45) is 0 Å². The summed E-state index contributed by atoms with van der Waals surface area (Å²) in [6.45, 7) is 11.6. The van der Waals surface area contributed by atoms with Crippen LogP contribution in [-0.2, 0) is 10.8 Å². The van der Waals surface area contributed by atoms with Gasteiger partial charge in [0.05, 0.1) is 26.1 Å². The minimum Gasteiger partial charge on any atom is -0.364 e. The Hall–Kier alpha value is -0.830. The van der Waals surface area contributed by atoms with Crippen LogP contribution >= 0.6 is 0 Å². The minimum atomic E-state index is -0.923. The van der Waals surface area contributed by atoms with E-state index >= 15 is 0 Å². The zero-order chi connectivity index (χ0) is 12.8. The quantitative estimate of drug-likeness (QED) is 0.706. The second-order valence-electron chi connectivity index (χ2n) is 6.25. The summed E-state index contributed by atoms with van der Waals surface area (Å²) >= 11 is 0. The van der Waals surface area contributed by atoms with Gasteiger partial charge >= 0.3 is 0 Å². The number of fused-ring (bicyclic) bond motifs is 1. The smallest absolute Gasteiger partial charge is 0.0627 e. The van der Waals surface area contributed by atoms with Gasteiger partial charge in [-0.25, -0.2) is 0 Å². The van der Waals surface area contributed by atoms with Crippen LogP contribution in [0.2, 0.25) is 0 Å². The third kappa shape index (κ3) is 2.13. The normalized spacial score (nSPS) is 23.4. The van der Waals surface area contributed by atoms with E-state index < -0.39 is 10.8 Å². The molecule has 0 spiro atoms. The van der Waals surface area contributed by atoms with Crippen LogP contribution in [0.5, 0.6) is 0 Å². The number of anilines is 1. The van der Waals surface area contributed by atoms with Gasteiger partial charge in [0.1, 0.15) is 0 Å². The van der Waals surface area contributed by atoms with Gasteiger partial charge in [0.2, 0.25) is 0 Å². The Balaban J connectivity index is 2.60. The van der Waals surface area contributed by atoms with Gasteiger partial charge in [0, 0.05) is 12.1 Å². The first-order valence-electron chi connectivity index (χ1n) is 6.02. The van der Waals surface area contributed by atoms with Crippen molar-refractivity contribution in [3.8, 4) is 0 Å². The van der Waals surface area contributed by atoms with Gasteiger partial charge in [-0.1, -0.05) is 12.1 Å². The van der Waals surface area contributed by atoms with Gasteiger partial charge in [-0.3, -0.25) is 4.21 Å². The first-order valence-corrected chi connectivity index (χ1v) is 7.17. The van der Waals surface area contributed by atoms with Gasteiger partial charge in [-0.05, 0) is 46.8 Å². The fourth-order valence-corrected chi connectivity index (χ4v) is 3.67. The zero-order valence-electron chi connectivity index (χ0n) is 11.3. The highest BCUT2D eigenvalue weighted by Gasteiger charge is 2.40. The molecule has 0 saturated heterocycles. The third-order valence-electron chi connectivity index (χ3n) is 3.21. The maximum absolute atomic E-state index is 12.5. The predicted molar refractivity (Wildman–Crippen MR) is 74.0 cm³/mol. The molecule has 0 N–H and O–H groups in total. The Morgan fingerprint density at radius 1 is 1.24 bits per heavy atom. The molecule has 0 bridgehead atoms. The molecule has 1 unspecified atom stereocenters. The van der Waals surface area contributed by atoms with E-state index in [1.165, 1.54) is 0 Å². The second-order valence-corrected chi connectivity index (χ2v) is 8.34. The monoisotopic (exact) mass is 251 g/mol. The van der Waals surface area contributed by atoms with Crippen LogP contribution in [0.15, 0.2) is 29.2 Å². The maximum atomic E-state index is 12.5. The average molecular weight is 251 g/mol. The Bertz CT molecular complexity index is 460. The molecule has 0 aromatic heterocycles. The number of hydrogen-bond acceptors (Lipinski definition) is 2. The number of benzene rings is 1. The number of nitrogens with zero attached hydrogens (tertiary/aromatic N) is 1. The molecule has 0 fully saturated rings. The lowest BCUT2D eigenvalue weighted by Crippen LogP contribution is -2.53. The summed E-state index contributed by atoms with van der Waals surface area (Å²) in [7, 11) is -0.923. The molecule has 1 atom stereocenters. The fourth-order valence-electron chi connectivity index (χ4n) is 2.26. The van der Waals surface area contributed by atoms with Crippen molar-refractivity contribution in [3.05, 3.63) is 24.3 Å². The van der Waals surface area contributed by atoms with Gasteiger partial charge in [0.25, 0.3) is 0 Å². The van der Waals surface area contributed by atoms with E-state index in [1.54, 1.807) is 0 Å². The number of rotatable bonds is 0. The SMILES string of the molecule is CC(C)(C)N1CC(C)(C)S(=O)c2ccccc21. The van der Waals surface area contributed by atoms with E-state index in [1.807, 2.05) is 18.2 Å². The van der Waals surface area contributed by atoms with E-state index in [9.17, 15) is 4.21 Å². The summed E-state index contributed by atoms with van der Waals surface area (Å²) in [5.41, 5.74) is 1.18. The molecule has 0 aliphatic carbocycles. The van der Waals surface area contributed by atoms with Crippen molar-refractivity contribution >= 4 is 16.5 Å². The van der Waals surface area contributed by atoms with E-state index in [4.69, 9.17) is 0 Å². The third-order valence-corrected chi connectivity index (χ3v) is 5.08. The Morgan fingerprint density at radius 3 is 2.41 bits per heavy atom. The Morgan fingerprint density at radius 2 is 1.82 bits per heavy atom. The molecule has 17 heavy (non-hydrogen) atoms. The molecule has 0 amide bonds. The van der Waals surface area contributed by atoms with Crippen LogP contribution in [0.25, 0.3) is 0 Å². The standard InChI is InChI=1S/C14H21NOS/c1-13(2,3)15-10-14(4,5)17(16)12-9-7-6-8-11(12)15/h6-9H,10H2,1-5H3. The molecule has 1 aromatic rings. The van der Waals surface area contributed by atoms with Crippen molar-refractivity contribution in [2.75, 3.05) is 11.4 Å². The number of para-hydroxylation sites is 1. The topological polar surface area (TPSA) is 20.3 Å². The summed E-state index contributed by atoms with van der Waals surface area (Å²) in [5, 5.41) is 0. The highest BCUT2D eigenvalue weighted by molar-refractivity contribution is 7.86. The van der Waals surface area contributed by atoms with E-state index in [0.717, 1.165) is 17.1 Å². The average Bonchev–Trinajstić information content (AvgIpc) is 2.22. The van der Waals surface area contributed by atoms with Gasteiger partial charge < -0.3 is 4.90 Å². The largest absolute Gasteiger partial charge is 0.364 e. The highest BCUT2D eigenvalue weighted by atomic mass is 32.2. The van der Waals surface area contributed by atoms with Crippen LogP contribution in [0, 0.1) is 0 Å². The maximum Gasteiger partial charge on any atom is 0.0627 e. The molecule has 2 rings (SSSR count). The first-order chi connectivity index (χ1) is 7.73. The van der Waals surface area contributed by atoms with Crippen LogP contribution in [-0.4, -0.2) is 21.0 Å². The fraction of sp³-hybridized carbons (Fsp3) is 0.571. The van der Waals surface area contributed by atoms with E-state index in [2.05, 4.69) is 45.6 Å². The van der Waals surface area contributed by atoms with Gasteiger partial charge in [-0.15, -0.1) is 0 Å². The van der Waals surface area contributed by atoms with Crippen molar-refractivity contribution in [1.29, 1.82) is 0 Å². The highest BCUT2D eigenvalue weighted by Crippen LogP contribution is 2.39. The molecule has 1 aliphatic rings. The van der Waals surface area contributed by atoms with Crippen molar-refractivity contribution in [1.82, 2.24) is 0 Å². The lowest BCUT2D eigenvalue weighted by molar-refractivity contribution is 0.462. The molecule has 94 valence electrons. The van der Waals surface area contributed by atoms with Gasteiger partial charge in [0.15, 0.2) is 0 Å². The van der Waals surface area contributed by atoms with Crippen molar-refractivity contribution in [2.45, 2.75) is 49.8 Å². The molecule has 2 nitrogen and oxygen atoms in total. The first kappa shape index (κ1) is 12.6. The van der Waals surface area contributed by atoms with Crippen LogP contribution in [0.1, 0.15) is 34.6 Å². The Labute approximate surface area is 106 Å². The summed E-state index contributed by atoms with van der Waals surface area (Å²) in [6.07, 6.45) is 0. The molecular formula is C14H21NOS. The van der Waals surface area contributed by atoms with E-state index in [0.29, 0.717) is 0 Å². The Kier molecular flexibility index (Phi) is 2.85. The van der Waals surface area contributed by atoms with Crippen molar-refractivity contribution in [3.63, 3.8) is 0 Å². The molecule has 0 saturated carbocycles. The zero-order valence-corrected chi connectivity index (χ0v) is 12.1. The van der Waals surface area contributed by atoms with E-state index in [-0.39, 0.29) is 10.3 Å². The summed E-state index contributed by atoms with van der Waals surface area (Å²) in [5.74, 6) is 0. The molecule has 3 heteroatoms. The molecular weight excluding hydrogens is 230 g/mol. The van der Waals surface area contributed by atoms with Crippen LogP contribution in [0.3, 0.4) is 0 Å². The molecule has 1 heterocycles. The lowest BCUT2D eigenvalue weighted by Gasteiger charge is -2.46. The minimum absolute atomic E-state index is 0.0536. The van der Waals surface area contributed by atoms with Crippen molar-refractivity contribution < 1.29 is 4.21 Å². The second kappa shape index (κ2) is 3.84. The van der Waals surface area contributed by atoms with Crippen LogP contribution in [0.4, 0.5) is 5.69 Å². The van der Waals surface area contributed by atoms with Crippen LogP contribution < -0.4 is 4.90 Å². The molecule has 1 aromatic carbocycles.